The highest BCUT2D eigenvalue weighted by molar-refractivity contribution is 5.87. The lowest BCUT2D eigenvalue weighted by Crippen LogP contribution is -2.56. The van der Waals surface area contributed by atoms with Crippen LogP contribution in [-0.2, 0) is 17.8 Å². The van der Waals surface area contributed by atoms with E-state index in [0.29, 0.717) is 32.6 Å². The number of nitrogens with one attached hydrogen (secondary N) is 2. The van der Waals surface area contributed by atoms with Crippen molar-refractivity contribution in [2.24, 2.45) is 5.92 Å². The summed E-state index contributed by atoms with van der Waals surface area (Å²) in [6, 6.07) is 14.3. The van der Waals surface area contributed by atoms with E-state index in [4.69, 9.17) is 0 Å². The largest absolute Gasteiger partial charge is 0.354 e. The summed E-state index contributed by atoms with van der Waals surface area (Å²) in [5, 5.41) is 6.00. The van der Waals surface area contributed by atoms with Gasteiger partial charge in [-0.25, -0.2) is 4.79 Å². The van der Waals surface area contributed by atoms with Gasteiger partial charge in [0.1, 0.15) is 6.04 Å². The monoisotopic (exact) mass is 450 g/mol. The third-order valence-electron chi connectivity index (χ3n) is 6.74. The molecular formula is C26H34N4O3. The predicted octanol–water partition coefficient (Wildman–Crippen LogP) is 2.89. The number of amides is 3. The second-order valence-corrected chi connectivity index (χ2v) is 9.29. The maximum Gasteiger partial charge on any atom is 0.318 e. The highest BCUT2D eigenvalue weighted by atomic mass is 16.2. The molecule has 1 aromatic heterocycles. The van der Waals surface area contributed by atoms with Gasteiger partial charge in [-0.3, -0.25) is 9.59 Å². The predicted molar refractivity (Wildman–Crippen MR) is 128 cm³/mol. The van der Waals surface area contributed by atoms with Crippen molar-refractivity contribution in [1.29, 1.82) is 0 Å². The number of hydrogen-bond donors (Lipinski definition) is 2. The van der Waals surface area contributed by atoms with E-state index in [2.05, 4.69) is 17.6 Å². The van der Waals surface area contributed by atoms with Crippen molar-refractivity contribution in [2.45, 2.75) is 57.5 Å². The standard InChI is InChI=1S/C26H34N4O3/c1-2-3-7-13-27-25(32)22(15-19-9-5-4-6-10-19)28-26(33)29-16-20-14-21(18-29)23-11-8-12-24(31)30(23)17-20/h4-6,8-12,20-22H,2-3,7,13-18H2,1H3,(H,27,32)(H,28,33)/t20?,21?,22-/m0/s1. The fraction of sp³-hybridized carbons (Fsp3) is 0.500. The minimum atomic E-state index is -0.627. The smallest absolute Gasteiger partial charge is 0.318 e. The molecule has 1 saturated heterocycles. The van der Waals surface area contributed by atoms with Gasteiger partial charge in [0.25, 0.3) is 5.56 Å². The number of nitrogens with zero attached hydrogens (tertiary/aromatic N) is 2. The number of rotatable bonds is 8. The molecule has 1 fully saturated rings. The van der Waals surface area contributed by atoms with Gasteiger partial charge in [-0.1, -0.05) is 56.2 Å². The van der Waals surface area contributed by atoms with E-state index >= 15 is 0 Å². The normalized spacial score (nSPS) is 20.0. The zero-order valence-corrected chi connectivity index (χ0v) is 19.3. The molecule has 2 unspecified atom stereocenters. The van der Waals surface area contributed by atoms with Crippen LogP contribution in [0.15, 0.2) is 53.3 Å². The molecule has 176 valence electrons. The molecule has 1 aromatic carbocycles. The Hall–Kier alpha value is -3.09. The summed E-state index contributed by atoms with van der Waals surface area (Å²) in [5.41, 5.74) is 2.05. The summed E-state index contributed by atoms with van der Waals surface area (Å²) >= 11 is 0. The minimum Gasteiger partial charge on any atom is -0.354 e. The number of benzene rings is 1. The number of hydrogen-bond acceptors (Lipinski definition) is 3. The number of pyridine rings is 1. The van der Waals surface area contributed by atoms with Gasteiger partial charge in [-0.05, 0) is 30.4 Å². The van der Waals surface area contributed by atoms with Crippen LogP contribution < -0.4 is 16.2 Å². The van der Waals surface area contributed by atoms with Gasteiger partial charge in [0.2, 0.25) is 5.91 Å². The number of urea groups is 1. The lowest BCUT2D eigenvalue weighted by molar-refractivity contribution is -0.123. The zero-order chi connectivity index (χ0) is 23.2. The Morgan fingerprint density at radius 2 is 1.85 bits per heavy atom. The first kappa shape index (κ1) is 23.1. The lowest BCUT2D eigenvalue weighted by Gasteiger charge is -2.43. The van der Waals surface area contributed by atoms with Gasteiger partial charge in [0.15, 0.2) is 0 Å². The number of likely N-dealkylation sites (tertiary alicyclic amines) is 1. The number of carbonyl (C=O) groups is 2. The van der Waals surface area contributed by atoms with Crippen LogP contribution in [0.2, 0.25) is 0 Å². The molecule has 2 aliphatic heterocycles. The van der Waals surface area contributed by atoms with Crippen LogP contribution in [0.4, 0.5) is 4.79 Å². The Bertz CT molecular complexity index is 1020. The van der Waals surface area contributed by atoms with Gasteiger partial charge >= 0.3 is 6.03 Å². The summed E-state index contributed by atoms with van der Waals surface area (Å²) in [6.07, 6.45) is 4.52. The summed E-state index contributed by atoms with van der Waals surface area (Å²) in [4.78, 5) is 40.3. The fourth-order valence-electron chi connectivity index (χ4n) is 5.07. The molecule has 7 nitrogen and oxygen atoms in total. The summed E-state index contributed by atoms with van der Waals surface area (Å²) < 4.78 is 1.86. The first-order valence-corrected chi connectivity index (χ1v) is 12.1. The van der Waals surface area contributed by atoms with Crippen LogP contribution in [0.25, 0.3) is 0 Å². The maximum atomic E-state index is 13.3. The van der Waals surface area contributed by atoms with Gasteiger partial charge < -0.3 is 20.1 Å². The van der Waals surface area contributed by atoms with Crippen LogP contribution in [0, 0.1) is 5.92 Å². The number of aromatic nitrogens is 1. The van der Waals surface area contributed by atoms with E-state index in [0.717, 1.165) is 36.9 Å². The molecule has 3 atom stereocenters. The van der Waals surface area contributed by atoms with Crippen molar-refractivity contribution in [3.05, 3.63) is 70.1 Å². The summed E-state index contributed by atoms with van der Waals surface area (Å²) in [7, 11) is 0. The third kappa shape index (κ3) is 5.64. The Kier molecular flexibility index (Phi) is 7.47. The van der Waals surface area contributed by atoms with Gasteiger partial charge in [-0.15, -0.1) is 0 Å². The quantitative estimate of drug-likeness (QED) is 0.607. The molecule has 4 rings (SSSR count). The Morgan fingerprint density at radius 3 is 2.64 bits per heavy atom. The first-order chi connectivity index (χ1) is 16.0. The molecule has 2 aromatic rings. The van der Waals surface area contributed by atoms with Crippen LogP contribution in [-0.4, -0.2) is 47.1 Å². The molecule has 3 amide bonds. The minimum absolute atomic E-state index is 0.0303. The van der Waals surface area contributed by atoms with Crippen LogP contribution in [0.1, 0.15) is 49.8 Å². The van der Waals surface area contributed by atoms with Crippen molar-refractivity contribution in [3.63, 3.8) is 0 Å². The third-order valence-corrected chi connectivity index (χ3v) is 6.74. The van der Waals surface area contributed by atoms with E-state index in [9.17, 15) is 14.4 Å². The van der Waals surface area contributed by atoms with Crippen LogP contribution >= 0.6 is 0 Å². The molecule has 2 N–H and O–H groups in total. The molecule has 3 heterocycles. The molecule has 33 heavy (non-hydrogen) atoms. The molecule has 0 aliphatic carbocycles. The van der Waals surface area contributed by atoms with Crippen molar-refractivity contribution >= 4 is 11.9 Å². The zero-order valence-electron chi connectivity index (χ0n) is 19.3. The van der Waals surface area contributed by atoms with Crippen LogP contribution in [0.3, 0.4) is 0 Å². The van der Waals surface area contributed by atoms with Crippen molar-refractivity contribution in [3.8, 4) is 0 Å². The van der Waals surface area contributed by atoms with Crippen molar-refractivity contribution in [1.82, 2.24) is 20.1 Å². The molecule has 2 bridgehead atoms. The van der Waals surface area contributed by atoms with Crippen molar-refractivity contribution in [2.75, 3.05) is 19.6 Å². The Balaban J connectivity index is 1.44. The second-order valence-electron chi connectivity index (χ2n) is 9.29. The maximum absolute atomic E-state index is 13.3. The first-order valence-electron chi connectivity index (χ1n) is 12.1. The van der Waals surface area contributed by atoms with Crippen LogP contribution in [0.5, 0.6) is 0 Å². The van der Waals surface area contributed by atoms with E-state index in [1.807, 2.05) is 45.9 Å². The second kappa shape index (κ2) is 10.7. The number of carbonyl (C=O) groups excluding carboxylic acids is 2. The Labute approximate surface area is 195 Å². The highest BCUT2D eigenvalue weighted by Crippen LogP contribution is 2.34. The van der Waals surface area contributed by atoms with Gasteiger partial charge in [0, 0.05) is 50.3 Å². The molecule has 2 aliphatic rings. The molecule has 0 saturated carbocycles. The van der Waals surface area contributed by atoms with Gasteiger partial charge in [-0.2, -0.15) is 0 Å². The average molecular weight is 451 g/mol. The van der Waals surface area contributed by atoms with E-state index < -0.39 is 6.04 Å². The average Bonchev–Trinajstić information content (AvgIpc) is 2.82. The SMILES string of the molecule is CCCCCNC(=O)[C@H](Cc1ccccc1)NC(=O)N1CC2CC(C1)c1cccc(=O)n1C2. The van der Waals surface area contributed by atoms with E-state index in [-0.39, 0.29) is 29.3 Å². The number of piperidine rings is 1. The Morgan fingerprint density at radius 1 is 1.03 bits per heavy atom. The van der Waals surface area contributed by atoms with Crippen molar-refractivity contribution < 1.29 is 9.59 Å². The molecular weight excluding hydrogens is 416 g/mol. The lowest BCUT2D eigenvalue weighted by atomic mass is 9.83. The molecule has 0 spiro atoms. The van der Waals surface area contributed by atoms with Gasteiger partial charge in [0.05, 0.1) is 0 Å². The molecule has 7 heteroatoms. The summed E-state index contributed by atoms with van der Waals surface area (Å²) in [5.74, 6) is 0.252. The highest BCUT2D eigenvalue weighted by Gasteiger charge is 2.37. The number of unbranched alkanes of at least 4 members (excludes halogenated alkanes) is 2. The van der Waals surface area contributed by atoms with E-state index in [1.54, 1.807) is 12.1 Å². The van der Waals surface area contributed by atoms with E-state index in [1.165, 1.54) is 0 Å². The fourth-order valence-corrected chi connectivity index (χ4v) is 5.07. The summed E-state index contributed by atoms with van der Waals surface area (Å²) in [6.45, 7) is 4.54. The number of fused-ring (bicyclic) bond motifs is 4. The molecule has 0 radical (unpaired) electrons. The topological polar surface area (TPSA) is 83.4 Å².